The van der Waals surface area contributed by atoms with Crippen LogP contribution in [0.4, 0.5) is 0 Å². The van der Waals surface area contributed by atoms with Gasteiger partial charge in [0.2, 0.25) is 5.91 Å². The number of hydrogen-bond acceptors (Lipinski definition) is 10. The molecule has 1 amide bonds. The van der Waals surface area contributed by atoms with E-state index in [1.807, 2.05) is 0 Å². The van der Waals surface area contributed by atoms with Crippen LogP contribution in [0, 0.1) is 0 Å². The highest BCUT2D eigenvalue weighted by molar-refractivity contribution is 5.80. The third-order valence-corrected chi connectivity index (χ3v) is 13.0. The van der Waals surface area contributed by atoms with Crippen molar-refractivity contribution in [2.24, 2.45) is 0 Å². The van der Waals surface area contributed by atoms with E-state index in [2.05, 4.69) is 43.5 Å². The van der Waals surface area contributed by atoms with Crippen molar-refractivity contribution in [3.8, 4) is 0 Å². The van der Waals surface area contributed by atoms with Gasteiger partial charge in [0.25, 0.3) is 0 Å². The van der Waals surface area contributed by atoms with Crippen molar-refractivity contribution in [1.29, 1.82) is 0 Å². The average Bonchev–Trinajstić information content (AvgIpc) is 3.29. The third kappa shape index (κ3) is 31.5. The summed E-state index contributed by atoms with van der Waals surface area (Å²) in [7, 11) is 0. The molecule has 1 heterocycles. The number of rotatable bonds is 45. The molecule has 0 saturated carbocycles. The summed E-state index contributed by atoms with van der Waals surface area (Å²) >= 11 is 0. The van der Waals surface area contributed by atoms with E-state index in [1.54, 1.807) is 0 Å². The van der Waals surface area contributed by atoms with Gasteiger partial charge >= 0.3 is 0 Å². The van der Waals surface area contributed by atoms with E-state index in [1.165, 1.54) is 148 Å². The smallest absolute Gasteiger partial charge is 0.249 e. The SMILES string of the molecule is CCCCCCCCCCC/C=C\C/C=C\CCCCCCCCCCC(O)C(=O)NC(COC1OC(CO)C(O)C(O)C1O)C(O)C(O)CCCCCCCCCCCCCCC. The quantitative estimate of drug-likeness (QED) is 0.0216. The summed E-state index contributed by atoms with van der Waals surface area (Å²) in [5.74, 6) is -0.700. The molecule has 0 aliphatic carbocycles. The van der Waals surface area contributed by atoms with Crippen molar-refractivity contribution in [3.05, 3.63) is 24.3 Å². The number of ether oxygens (including phenoxy) is 2. The first-order valence-electron chi connectivity index (χ1n) is 26.7. The molecule has 1 aliphatic rings. The zero-order valence-electron chi connectivity index (χ0n) is 41.0. The molecule has 9 atom stereocenters. The first kappa shape index (κ1) is 60.6. The number of carbonyl (C=O) groups is 1. The number of hydrogen-bond donors (Lipinski definition) is 8. The molecular formula is C53H101NO10. The van der Waals surface area contributed by atoms with Crippen molar-refractivity contribution < 1.29 is 50.0 Å². The highest BCUT2D eigenvalue weighted by Gasteiger charge is 2.44. The zero-order valence-corrected chi connectivity index (χ0v) is 41.0. The predicted octanol–water partition coefficient (Wildman–Crippen LogP) is 10.2. The molecule has 1 fully saturated rings. The topological polar surface area (TPSA) is 189 Å². The van der Waals surface area contributed by atoms with Crippen molar-refractivity contribution in [1.82, 2.24) is 5.32 Å². The number of unbranched alkanes of at least 4 members (excludes halogenated alkanes) is 29. The molecule has 1 rings (SSSR count). The fourth-order valence-electron chi connectivity index (χ4n) is 8.59. The van der Waals surface area contributed by atoms with Gasteiger partial charge < -0.3 is 50.5 Å². The van der Waals surface area contributed by atoms with Crippen LogP contribution >= 0.6 is 0 Å². The molecule has 11 nitrogen and oxygen atoms in total. The molecule has 0 bridgehead atoms. The third-order valence-electron chi connectivity index (χ3n) is 13.0. The van der Waals surface area contributed by atoms with Crippen molar-refractivity contribution in [2.75, 3.05) is 13.2 Å². The second-order valence-corrected chi connectivity index (χ2v) is 19.0. The van der Waals surface area contributed by atoms with Crippen LogP contribution in [0.3, 0.4) is 0 Å². The highest BCUT2D eigenvalue weighted by Crippen LogP contribution is 2.23. The summed E-state index contributed by atoms with van der Waals surface area (Å²) in [4.78, 5) is 13.1. The molecule has 9 unspecified atom stereocenters. The molecule has 8 N–H and O–H groups in total. The molecule has 1 aliphatic heterocycles. The minimum Gasteiger partial charge on any atom is -0.394 e. The second-order valence-electron chi connectivity index (χ2n) is 19.0. The molecule has 0 radical (unpaired) electrons. The second kappa shape index (κ2) is 42.9. The summed E-state index contributed by atoms with van der Waals surface area (Å²) in [5, 5.41) is 75.9. The first-order chi connectivity index (χ1) is 31.2. The van der Waals surface area contributed by atoms with Gasteiger partial charge in [-0.05, 0) is 44.9 Å². The lowest BCUT2D eigenvalue weighted by molar-refractivity contribution is -0.303. The highest BCUT2D eigenvalue weighted by atomic mass is 16.7. The minimum absolute atomic E-state index is 0.254. The molecular weight excluding hydrogens is 811 g/mol. The molecule has 1 saturated heterocycles. The lowest BCUT2D eigenvalue weighted by Gasteiger charge is -2.40. The Bertz CT molecular complexity index is 1090. The van der Waals surface area contributed by atoms with Crippen LogP contribution in [0.25, 0.3) is 0 Å². The van der Waals surface area contributed by atoms with Crippen LogP contribution in [0.5, 0.6) is 0 Å². The predicted molar refractivity (Wildman–Crippen MR) is 261 cm³/mol. The van der Waals surface area contributed by atoms with Crippen LogP contribution in [0.15, 0.2) is 24.3 Å². The van der Waals surface area contributed by atoms with Gasteiger partial charge in [0.15, 0.2) is 6.29 Å². The van der Waals surface area contributed by atoms with Crippen molar-refractivity contribution in [3.63, 3.8) is 0 Å². The largest absolute Gasteiger partial charge is 0.394 e. The van der Waals surface area contributed by atoms with Gasteiger partial charge in [0.05, 0.1) is 25.4 Å². The van der Waals surface area contributed by atoms with Gasteiger partial charge in [0, 0.05) is 0 Å². The maximum atomic E-state index is 13.1. The van der Waals surface area contributed by atoms with E-state index < -0.39 is 74.2 Å². The molecule has 0 aromatic carbocycles. The van der Waals surface area contributed by atoms with Crippen LogP contribution in [0.1, 0.15) is 239 Å². The standard InChI is InChI=1S/C53H101NO10/c1-3-5-7-9-11-13-15-17-18-19-20-21-22-23-24-25-26-27-29-31-33-35-37-39-41-46(57)52(62)54-44(43-63-53-51(61)50(60)49(59)47(42-55)64-53)48(58)45(56)40-38-36-34-32-30-28-16-14-12-10-8-6-4-2/h20-21,23-24,44-51,53,55-61H,3-19,22,25-43H2,1-2H3,(H,54,62)/b21-20-,24-23-. The monoisotopic (exact) mass is 912 g/mol. The molecule has 64 heavy (non-hydrogen) atoms. The van der Waals surface area contributed by atoms with Crippen LogP contribution in [-0.4, -0.2) is 110 Å². The zero-order chi connectivity index (χ0) is 46.9. The van der Waals surface area contributed by atoms with E-state index in [4.69, 9.17) is 9.47 Å². The number of aliphatic hydroxyl groups is 7. The molecule has 11 heteroatoms. The van der Waals surface area contributed by atoms with E-state index in [-0.39, 0.29) is 6.42 Å². The van der Waals surface area contributed by atoms with E-state index in [0.29, 0.717) is 19.3 Å². The van der Waals surface area contributed by atoms with Crippen LogP contribution < -0.4 is 5.32 Å². The Kier molecular flexibility index (Phi) is 40.6. The summed E-state index contributed by atoms with van der Waals surface area (Å²) < 4.78 is 11.1. The lowest BCUT2D eigenvalue weighted by Crippen LogP contribution is -2.60. The van der Waals surface area contributed by atoms with Gasteiger partial charge in [-0.1, -0.05) is 218 Å². The van der Waals surface area contributed by atoms with Crippen LogP contribution in [0.2, 0.25) is 0 Å². The molecule has 0 aromatic rings. The lowest BCUT2D eigenvalue weighted by atomic mass is 9.98. The Balaban J connectivity index is 2.33. The molecule has 0 spiro atoms. The number of allylic oxidation sites excluding steroid dienone is 4. The maximum absolute atomic E-state index is 13.1. The van der Waals surface area contributed by atoms with E-state index in [0.717, 1.165) is 51.4 Å². The Morgan fingerprint density at radius 1 is 0.547 bits per heavy atom. The average molecular weight is 912 g/mol. The van der Waals surface area contributed by atoms with E-state index in [9.17, 15) is 40.5 Å². The normalized spacial score (nSPS) is 21.2. The molecule has 378 valence electrons. The van der Waals surface area contributed by atoms with Gasteiger partial charge in [-0.2, -0.15) is 0 Å². The van der Waals surface area contributed by atoms with Gasteiger partial charge in [-0.15, -0.1) is 0 Å². The summed E-state index contributed by atoms with van der Waals surface area (Å²) in [6, 6.07) is -1.17. The van der Waals surface area contributed by atoms with Crippen molar-refractivity contribution in [2.45, 2.75) is 294 Å². The fraction of sp³-hybridized carbons (Fsp3) is 0.906. The fourth-order valence-corrected chi connectivity index (χ4v) is 8.59. The summed E-state index contributed by atoms with van der Waals surface area (Å²) in [6.07, 6.45) is 38.0. The number of carbonyl (C=O) groups excluding carboxylic acids is 1. The van der Waals surface area contributed by atoms with E-state index >= 15 is 0 Å². The number of amides is 1. The number of nitrogens with one attached hydrogen (secondary N) is 1. The molecule has 0 aromatic heterocycles. The minimum atomic E-state index is -1.66. The Morgan fingerprint density at radius 2 is 0.953 bits per heavy atom. The van der Waals surface area contributed by atoms with Gasteiger partial charge in [-0.25, -0.2) is 0 Å². The Hall–Kier alpha value is -1.41. The first-order valence-corrected chi connectivity index (χ1v) is 26.7. The summed E-state index contributed by atoms with van der Waals surface area (Å²) in [6.45, 7) is 3.45. The maximum Gasteiger partial charge on any atom is 0.249 e. The van der Waals surface area contributed by atoms with Crippen LogP contribution in [-0.2, 0) is 14.3 Å². The Morgan fingerprint density at radius 3 is 1.39 bits per heavy atom. The van der Waals surface area contributed by atoms with Gasteiger partial charge in [0.1, 0.15) is 36.6 Å². The number of aliphatic hydroxyl groups excluding tert-OH is 7. The summed E-state index contributed by atoms with van der Waals surface area (Å²) in [5.41, 5.74) is 0. The van der Waals surface area contributed by atoms with Gasteiger partial charge in [-0.3, -0.25) is 4.79 Å². The van der Waals surface area contributed by atoms with Crippen molar-refractivity contribution >= 4 is 5.91 Å². The Labute approximate surface area is 391 Å².